The second kappa shape index (κ2) is 5.54. The normalized spacial score (nSPS) is 16.7. The highest BCUT2D eigenvalue weighted by molar-refractivity contribution is 5.42. The Hall–Kier alpha value is -1.66. The Kier molecular flexibility index (Phi) is 4.01. The van der Waals surface area contributed by atoms with Gasteiger partial charge in [0.2, 0.25) is 0 Å². The number of hydrogen-bond donors (Lipinski definition) is 2. The molecule has 0 aliphatic heterocycles. The van der Waals surface area contributed by atoms with Gasteiger partial charge in [0.05, 0.1) is 24.7 Å². The van der Waals surface area contributed by atoms with Crippen LogP contribution in [0.15, 0.2) is 18.2 Å². The molecule has 0 heterocycles. The van der Waals surface area contributed by atoms with E-state index in [0.717, 1.165) is 24.8 Å². The maximum absolute atomic E-state index is 10.8. The van der Waals surface area contributed by atoms with Crippen LogP contribution < -0.4 is 10.1 Å². The molecule has 19 heavy (non-hydrogen) atoms. The number of aliphatic hydroxyl groups excluding tert-OH is 1. The van der Waals surface area contributed by atoms with E-state index in [1.807, 2.05) is 0 Å². The molecule has 0 unspecified atom stereocenters. The van der Waals surface area contributed by atoms with Crippen molar-refractivity contribution in [2.45, 2.75) is 31.3 Å². The maximum Gasteiger partial charge on any atom is 0.273 e. The quantitative estimate of drug-likeness (QED) is 0.603. The Balaban J connectivity index is 2.11. The fourth-order valence-corrected chi connectivity index (χ4v) is 2.25. The zero-order valence-electron chi connectivity index (χ0n) is 10.9. The van der Waals surface area contributed by atoms with E-state index in [1.54, 1.807) is 6.07 Å². The Morgan fingerprint density at radius 2 is 2.21 bits per heavy atom. The molecule has 0 spiro atoms. The van der Waals surface area contributed by atoms with Crippen LogP contribution in [0.2, 0.25) is 0 Å². The van der Waals surface area contributed by atoms with E-state index in [9.17, 15) is 15.2 Å². The third kappa shape index (κ3) is 3.02. The zero-order valence-corrected chi connectivity index (χ0v) is 10.9. The lowest BCUT2D eigenvalue weighted by molar-refractivity contribution is -0.385. The molecule has 6 heteroatoms. The van der Waals surface area contributed by atoms with Gasteiger partial charge in [-0.3, -0.25) is 10.1 Å². The number of ether oxygens (including phenoxy) is 1. The lowest BCUT2D eigenvalue weighted by atomic mass is 9.77. The summed E-state index contributed by atoms with van der Waals surface area (Å²) in [5, 5.41) is 23.5. The molecule has 1 aliphatic carbocycles. The van der Waals surface area contributed by atoms with Gasteiger partial charge in [-0.25, -0.2) is 0 Å². The van der Waals surface area contributed by atoms with Crippen LogP contribution in [-0.2, 0) is 6.54 Å². The summed E-state index contributed by atoms with van der Waals surface area (Å²) < 4.78 is 5.06. The minimum Gasteiger partial charge on any atom is -0.496 e. The third-order valence-electron chi connectivity index (χ3n) is 3.68. The summed E-state index contributed by atoms with van der Waals surface area (Å²) in [7, 11) is 1.48. The van der Waals surface area contributed by atoms with Gasteiger partial charge in [0.15, 0.2) is 0 Å². The summed E-state index contributed by atoms with van der Waals surface area (Å²) in [6, 6.07) is 4.69. The van der Waals surface area contributed by atoms with Crippen LogP contribution in [0.25, 0.3) is 0 Å². The number of nitro benzene ring substituents is 1. The molecule has 1 aromatic carbocycles. The molecule has 104 valence electrons. The smallest absolute Gasteiger partial charge is 0.273 e. The number of nitrogens with zero attached hydrogens (tertiary/aromatic N) is 1. The number of nitrogens with one attached hydrogen (secondary N) is 1. The van der Waals surface area contributed by atoms with Crippen LogP contribution in [-0.4, -0.2) is 29.3 Å². The summed E-state index contributed by atoms with van der Waals surface area (Å²) in [4.78, 5) is 10.4. The standard InChI is InChI=1S/C13H18N2O4/c1-19-12-6-10(5-11(7-12)15(17)18)8-14-13(9-16)3-2-4-13/h5-7,14,16H,2-4,8-9H2,1H3. The van der Waals surface area contributed by atoms with Crippen molar-refractivity contribution in [2.24, 2.45) is 0 Å². The van der Waals surface area contributed by atoms with Crippen molar-refractivity contribution in [1.29, 1.82) is 0 Å². The first kappa shape index (κ1) is 13.8. The monoisotopic (exact) mass is 266 g/mol. The first-order valence-electron chi connectivity index (χ1n) is 6.27. The van der Waals surface area contributed by atoms with Crippen LogP contribution >= 0.6 is 0 Å². The summed E-state index contributed by atoms with van der Waals surface area (Å²) in [5.74, 6) is 0.470. The number of aliphatic hydroxyl groups is 1. The minimum atomic E-state index is -0.433. The van der Waals surface area contributed by atoms with Gasteiger partial charge in [-0.15, -0.1) is 0 Å². The molecule has 0 saturated heterocycles. The fourth-order valence-electron chi connectivity index (χ4n) is 2.25. The molecular formula is C13H18N2O4. The van der Waals surface area contributed by atoms with Gasteiger partial charge in [0, 0.05) is 18.2 Å². The molecular weight excluding hydrogens is 248 g/mol. The Morgan fingerprint density at radius 1 is 1.47 bits per heavy atom. The highest BCUT2D eigenvalue weighted by atomic mass is 16.6. The summed E-state index contributed by atoms with van der Waals surface area (Å²) >= 11 is 0. The highest BCUT2D eigenvalue weighted by Gasteiger charge is 2.35. The van der Waals surface area contributed by atoms with Crippen LogP contribution in [0.1, 0.15) is 24.8 Å². The van der Waals surface area contributed by atoms with Gasteiger partial charge in [-0.2, -0.15) is 0 Å². The Labute approximate surface area is 111 Å². The van der Waals surface area contributed by atoms with Gasteiger partial charge in [-0.1, -0.05) is 0 Å². The van der Waals surface area contributed by atoms with Crippen molar-refractivity contribution in [2.75, 3.05) is 13.7 Å². The van der Waals surface area contributed by atoms with E-state index in [1.165, 1.54) is 19.2 Å². The van der Waals surface area contributed by atoms with Gasteiger partial charge < -0.3 is 15.2 Å². The summed E-state index contributed by atoms with van der Waals surface area (Å²) in [6.07, 6.45) is 2.98. The van der Waals surface area contributed by atoms with E-state index >= 15 is 0 Å². The molecule has 0 aromatic heterocycles. The lowest BCUT2D eigenvalue weighted by Crippen LogP contribution is -2.53. The van der Waals surface area contributed by atoms with Gasteiger partial charge >= 0.3 is 0 Å². The predicted octanol–water partition coefficient (Wildman–Crippen LogP) is 1.61. The fraction of sp³-hybridized carbons (Fsp3) is 0.538. The molecule has 0 bridgehead atoms. The molecule has 1 aliphatic rings. The first-order chi connectivity index (χ1) is 9.08. The van der Waals surface area contributed by atoms with E-state index in [2.05, 4.69) is 5.32 Å². The number of rotatable bonds is 6. The van der Waals surface area contributed by atoms with E-state index in [0.29, 0.717) is 12.3 Å². The first-order valence-corrected chi connectivity index (χ1v) is 6.27. The average Bonchev–Trinajstić information content (AvgIpc) is 2.37. The van der Waals surface area contributed by atoms with Crippen LogP contribution in [0.3, 0.4) is 0 Å². The lowest BCUT2D eigenvalue weighted by Gasteiger charge is -2.41. The summed E-state index contributed by atoms with van der Waals surface area (Å²) in [5.41, 5.74) is 0.589. The van der Waals surface area contributed by atoms with Gasteiger partial charge in [-0.05, 0) is 30.9 Å². The largest absolute Gasteiger partial charge is 0.496 e. The topological polar surface area (TPSA) is 84.6 Å². The minimum absolute atomic E-state index is 0.0165. The molecule has 6 nitrogen and oxygen atoms in total. The van der Waals surface area contributed by atoms with Crippen LogP contribution in [0.5, 0.6) is 5.75 Å². The number of benzene rings is 1. The van der Waals surface area contributed by atoms with Crippen molar-refractivity contribution < 1.29 is 14.8 Å². The predicted molar refractivity (Wildman–Crippen MR) is 70.2 cm³/mol. The van der Waals surface area contributed by atoms with E-state index in [-0.39, 0.29) is 17.8 Å². The molecule has 2 rings (SSSR count). The Morgan fingerprint density at radius 3 is 2.68 bits per heavy atom. The molecule has 0 amide bonds. The molecule has 1 aromatic rings. The molecule has 2 N–H and O–H groups in total. The van der Waals surface area contributed by atoms with Crippen LogP contribution in [0, 0.1) is 10.1 Å². The van der Waals surface area contributed by atoms with Crippen molar-refractivity contribution >= 4 is 5.69 Å². The van der Waals surface area contributed by atoms with Crippen molar-refractivity contribution in [3.05, 3.63) is 33.9 Å². The van der Waals surface area contributed by atoms with Gasteiger partial charge in [0.1, 0.15) is 5.75 Å². The molecule has 0 radical (unpaired) electrons. The molecule has 0 atom stereocenters. The third-order valence-corrected chi connectivity index (χ3v) is 3.68. The maximum atomic E-state index is 10.8. The van der Waals surface area contributed by atoms with Crippen molar-refractivity contribution in [1.82, 2.24) is 5.32 Å². The van der Waals surface area contributed by atoms with Crippen LogP contribution in [0.4, 0.5) is 5.69 Å². The number of hydrogen-bond acceptors (Lipinski definition) is 5. The second-order valence-electron chi connectivity index (χ2n) is 4.94. The molecule has 1 fully saturated rings. The van der Waals surface area contributed by atoms with E-state index in [4.69, 9.17) is 4.74 Å². The number of non-ortho nitro benzene ring substituents is 1. The van der Waals surface area contributed by atoms with E-state index < -0.39 is 4.92 Å². The average molecular weight is 266 g/mol. The molecule has 1 saturated carbocycles. The Bertz CT molecular complexity index is 466. The van der Waals surface area contributed by atoms with Crippen molar-refractivity contribution in [3.8, 4) is 5.75 Å². The summed E-state index contributed by atoms with van der Waals surface area (Å²) in [6.45, 7) is 0.581. The number of nitro groups is 1. The highest BCUT2D eigenvalue weighted by Crippen LogP contribution is 2.32. The number of methoxy groups -OCH3 is 1. The SMILES string of the molecule is COc1cc(CNC2(CO)CCC2)cc([N+](=O)[O-])c1. The second-order valence-corrected chi connectivity index (χ2v) is 4.94. The van der Waals surface area contributed by atoms with Gasteiger partial charge in [0.25, 0.3) is 5.69 Å². The van der Waals surface area contributed by atoms with Crippen molar-refractivity contribution in [3.63, 3.8) is 0 Å². The zero-order chi connectivity index (χ0) is 13.9.